The Morgan fingerprint density at radius 3 is 2.69 bits per heavy atom. The molecule has 3 heterocycles. The minimum atomic E-state index is -0.357. The van der Waals surface area contributed by atoms with E-state index in [-0.39, 0.29) is 29.9 Å². The molecule has 3 atom stereocenters. The van der Waals surface area contributed by atoms with Crippen LogP contribution in [0.25, 0.3) is 0 Å². The van der Waals surface area contributed by atoms with Gasteiger partial charge in [-0.3, -0.25) is 14.5 Å². The van der Waals surface area contributed by atoms with Crippen molar-refractivity contribution in [2.75, 3.05) is 27.3 Å². The Bertz CT molecular complexity index is 889. The van der Waals surface area contributed by atoms with Gasteiger partial charge in [0.15, 0.2) is 0 Å². The van der Waals surface area contributed by atoms with Crippen LogP contribution in [-0.4, -0.2) is 60.0 Å². The monoisotopic (exact) mass is 395 g/mol. The molecule has 0 spiro atoms. The fraction of sp³-hybridized carbons (Fsp3) is 0.409. The van der Waals surface area contributed by atoms with E-state index in [1.165, 1.54) is 7.11 Å². The number of piperazine rings is 1. The summed E-state index contributed by atoms with van der Waals surface area (Å²) in [6.07, 6.45) is 2.28. The number of hydrogen-bond donors (Lipinski definition) is 0. The molecule has 0 aliphatic carbocycles. The lowest BCUT2D eigenvalue weighted by atomic mass is 9.93. The highest BCUT2D eigenvalue weighted by atomic mass is 16.5. The Morgan fingerprint density at radius 1 is 1.17 bits per heavy atom. The number of hydrogen-bond acceptors (Lipinski definition) is 6. The number of amides is 1. The van der Waals surface area contributed by atoms with Crippen molar-refractivity contribution in [1.29, 1.82) is 0 Å². The van der Waals surface area contributed by atoms with Gasteiger partial charge >= 0.3 is 5.97 Å². The lowest BCUT2D eigenvalue weighted by Gasteiger charge is -2.40. The number of benzene rings is 1. The van der Waals surface area contributed by atoms with Crippen LogP contribution in [0.2, 0.25) is 0 Å². The fourth-order valence-corrected chi connectivity index (χ4v) is 4.62. The Balaban J connectivity index is 1.58. The van der Waals surface area contributed by atoms with Crippen molar-refractivity contribution < 1.29 is 19.1 Å². The second-order valence-electron chi connectivity index (χ2n) is 7.52. The number of esters is 1. The molecule has 2 aliphatic rings. The molecule has 2 fully saturated rings. The average Bonchev–Trinajstić information content (AvgIpc) is 3.14. The maximum absolute atomic E-state index is 13.2. The SMILES string of the molecule is COC(=O)[C@H]1C[C@H]2CN(Cc3cccnc3OC)CC(=O)N2[C@H]1c1ccccc1. The quantitative estimate of drug-likeness (QED) is 0.722. The highest BCUT2D eigenvalue weighted by Crippen LogP contribution is 2.43. The molecular weight excluding hydrogens is 370 g/mol. The van der Waals surface area contributed by atoms with E-state index in [1.807, 2.05) is 47.4 Å². The zero-order valence-electron chi connectivity index (χ0n) is 16.7. The maximum atomic E-state index is 13.2. The van der Waals surface area contributed by atoms with Crippen LogP contribution < -0.4 is 4.74 Å². The molecule has 1 amide bonds. The van der Waals surface area contributed by atoms with Gasteiger partial charge in [-0.15, -0.1) is 0 Å². The largest absolute Gasteiger partial charge is 0.481 e. The standard InChI is InChI=1S/C22H25N3O4/c1-28-21-16(9-6-10-23-21)12-24-13-17-11-18(22(27)29-2)20(25(17)19(26)14-24)15-7-4-3-5-8-15/h3-10,17-18,20H,11-14H2,1-2H3/t17-,18-,20-/m0/s1. The van der Waals surface area contributed by atoms with Gasteiger partial charge in [0, 0.05) is 30.9 Å². The molecule has 0 radical (unpaired) electrons. The van der Waals surface area contributed by atoms with Gasteiger partial charge in [-0.25, -0.2) is 4.98 Å². The zero-order valence-corrected chi connectivity index (χ0v) is 16.7. The van der Waals surface area contributed by atoms with Gasteiger partial charge in [0.1, 0.15) is 0 Å². The molecule has 4 rings (SSSR count). The first kappa shape index (κ1) is 19.4. The third-order valence-electron chi connectivity index (χ3n) is 5.80. The minimum Gasteiger partial charge on any atom is -0.481 e. The van der Waals surface area contributed by atoms with E-state index in [9.17, 15) is 9.59 Å². The smallest absolute Gasteiger partial charge is 0.311 e. The highest BCUT2D eigenvalue weighted by Gasteiger charge is 2.50. The molecule has 1 aromatic heterocycles. The van der Waals surface area contributed by atoms with E-state index < -0.39 is 0 Å². The van der Waals surface area contributed by atoms with E-state index in [0.717, 1.165) is 11.1 Å². The van der Waals surface area contributed by atoms with E-state index in [1.54, 1.807) is 13.3 Å². The van der Waals surface area contributed by atoms with Crippen molar-refractivity contribution >= 4 is 11.9 Å². The van der Waals surface area contributed by atoms with Crippen LogP contribution in [0.4, 0.5) is 0 Å². The Morgan fingerprint density at radius 2 is 1.97 bits per heavy atom. The summed E-state index contributed by atoms with van der Waals surface area (Å²) in [5.74, 6) is -0.0153. The number of carbonyl (C=O) groups is 2. The second-order valence-corrected chi connectivity index (χ2v) is 7.52. The summed E-state index contributed by atoms with van der Waals surface area (Å²) in [6.45, 7) is 1.57. The number of aromatic nitrogens is 1. The Kier molecular flexibility index (Phi) is 5.49. The summed E-state index contributed by atoms with van der Waals surface area (Å²) in [6, 6.07) is 13.3. The van der Waals surface area contributed by atoms with Gasteiger partial charge in [0.25, 0.3) is 0 Å². The predicted octanol–water partition coefficient (Wildman–Crippen LogP) is 2.04. The number of nitrogens with zero attached hydrogens (tertiary/aromatic N) is 3. The van der Waals surface area contributed by atoms with E-state index in [0.29, 0.717) is 31.9 Å². The highest BCUT2D eigenvalue weighted by molar-refractivity contribution is 5.83. The van der Waals surface area contributed by atoms with Crippen molar-refractivity contribution in [2.45, 2.75) is 25.0 Å². The van der Waals surface area contributed by atoms with E-state index >= 15 is 0 Å². The molecule has 1 aromatic carbocycles. The van der Waals surface area contributed by atoms with Gasteiger partial charge in [0.2, 0.25) is 11.8 Å². The zero-order chi connectivity index (χ0) is 20.4. The first-order chi connectivity index (χ1) is 14.1. The molecular formula is C22H25N3O4. The average molecular weight is 395 g/mol. The lowest BCUT2D eigenvalue weighted by molar-refractivity contribution is -0.147. The molecule has 0 saturated carbocycles. The molecule has 2 saturated heterocycles. The molecule has 2 aromatic rings. The summed E-state index contributed by atoms with van der Waals surface area (Å²) >= 11 is 0. The summed E-state index contributed by atoms with van der Waals surface area (Å²) < 4.78 is 10.4. The number of rotatable bonds is 5. The van der Waals surface area contributed by atoms with Crippen molar-refractivity contribution in [2.24, 2.45) is 5.92 Å². The topological polar surface area (TPSA) is 72.0 Å². The third-order valence-corrected chi connectivity index (χ3v) is 5.80. The molecule has 0 unspecified atom stereocenters. The van der Waals surface area contributed by atoms with Crippen LogP contribution in [0, 0.1) is 5.92 Å². The van der Waals surface area contributed by atoms with Gasteiger partial charge < -0.3 is 14.4 Å². The van der Waals surface area contributed by atoms with Gasteiger partial charge in [0.05, 0.1) is 32.7 Å². The van der Waals surface area contributed by atoms with Gasteiger partial charge in [-0.1, -0.05) is 36.4 Å². The number of ether oxygens (including phenoxy) is 2. The van der Waals surface area contributed by atoms with Crippen LogP contribution in [0.1, 0.15) is 23.6 Å². The molecule has 7 nitrogen and oxygen atoms in total. The van der Waals surface area contributed by atoms with Crippen molar-refractivity contribution in [1.82, 2.24) is 14.8 Å². The number of pyridine rings is 1. The van der Waals surface area contributed by atoms with E-state index in [2.05, 4.69) is 9.88 Å². The first-order valence-electron chi connectivity index (χ1n) is 9.76. The molecule has 0 bridgehead atoms. The number of fused-ring (bicyclic) bond motifs is 1. The summed E-state index contributed by atoms with van der Waals surface area (Å²) in [5.41, 5.74) is 1.92. The summed E-state index contributed by atoms with van der Waals surface area (Å²) in [4.78, 5) is 33.9. The Hall–Kier alpha value is -2.93. The van der Waals surface area contributed by atoms with Crippen molar-refractivity contribution in [3.8, 4) is 5.88 Å². The molecule has 7 heteroatoms. The Labute approximate surface area is 170 Å². The fourth-order valence-electron chi connectivity index (χ4n) is 4.62. The van der Waals surface area contributed by atoms with Gasteiger partial charge in [-0.05, 0) is 18.1 Å². The van der Waals surface area contributed by atoms with E-state index in [4.69, 9.17) is 9.47 Å². The molecule has 29 heavy (non-hydrogen) atoms. The van der Waals surface area contributed by atoms with Crippen molar-refractivity contribution in [3.05, 3.63) is 59.8 Å². The van der Waals surface area contributed by atoms with Gasteiger partial charge in [-0.2, -0.15) is 0 Å². The molecule has 2 aliphatic heterocycles. The maximum Gasteiger partial charge on any atom is 0.311 e. The predicted molar refractivity (Wildman–Crippen MR) is 106 cm³/mol. The van der Waals surface area contributed by atoms with Crippen LogP contribution in [0.15, 0.2) is 48.7 Å². The number of methoxy groups -OCH3 is 2. The minimum absolute atomic E-state index is 0.0318. The lowest BCUT2D eigenvalue weighted by Crippen LogP contribution is -2.54. The normalized spacial score (nSPS) is 24.3. The van der Waals surface area contributed by atoms with Crippen LogP contribution in [-0.2, 0) is 20.9 Å². The molecule has 0 N–H and O–H groups in total. The first-order valence-corrected chi connectivity index (χ1v) is 9.76. The van der Waals surface area contributed by atoms with Crippen molar-refractivity contribution in [3.63, 3.8) is 0 Å². The van der Waals surface area contributed by atoms with Crippen LogP contribution >= 0.6 is 0 Å². The summed E-state index contributed by atoms with van der Waals surface area (Å²) in [7, 11) is 3.00. The van der Waals surface area contributed by atoms with Crippen LogP contribution in [0.3, 0.4) is 0 Å². The second kappa shape index (κ2) is 8.21. The van der Waals surface area contributed by atoms with Crippen LogP contribution in [0.5, 0.6) is 5.88 Å². The summed E-state index contributed by atoms with van der Waals surface area (Å²) in [5, 5.41) is 0. The number of carbonyl (C=O) groups excluding carboxylic acids is 2. The third kappa shape index (κ3) is 3.70. The molecule has 152 valence electrons.